The van der Waals surface area contributed by atoms with Crippen molar-refractivity contribution in [2.45, 2.75) is 6.54 Å². The largest absolute Gasteiger partial charge is 0.380 e. The highest BCUT2D eigenvalue weighted by atomic mass is 35.5. The number of rotatable bonds is 3. The van der Waals surface area contributed by atoms with Gasteiger partial charge in [0, 0.05) is 13.6 Å². The minimum absolute atomic E-state index is 0.171. The first-order valence-electron chi connectivity index (χ1n) is 5.56. The molecule has 0 fully saturated rings. The van der Waals surface area contributed by atoms with E-state index in [4.69, 9.17) is 16.9 Å². The Kier molecular flexibility index (Phi) is 3.83. The summed E-state index contributed by atoms with van der Waals surface area (Å²) in [6.07, 6.45) is 1.37. The zero-order valence-electron chi connectivity index (χ0n) is 10.2. The molecule has 0 amide bonds. The molecular formula is C13H11ClN4O. The summed E-state index contributed by atoms with van der Waals surface area (Å²) in [4.78, 5) is 15.8. The molecule has 5 nitrogen and oxygen atoms in total. The lowest BCUT2D eigenvalue weighted by atomic mass is 10.2. The second-order valence-corrected chi connectivity index (χ2v) is 4.30. The van der Waals surface area contributed by atoms with Crippen LogP contribution in [0.5, 0.6) is 0 Å². The molecule has 1 aromatic heterocycles. The van der Waals surface area contributed by atoms with Crippen LogP contribution in [0.15, 0.2) is 35.4 Å². The molecule has 0 unspecified atom stereocenters. The summed E-state index contributed by atoms with van der Waals surface area (Å²) in [5.41, 5.74) is 1.34. The molecule has 2 rings (SSSR count). The fourth-order valence-electron chi connectivity index (χ4n) is 1.64. The van der Waals surface area contributed by atoms with Crippen molar-refractivity contribution in [2.75, 3.05) is 5.32 Å². The third-order valence-corrected chi connectivity index (χ3v) is 3.00. The van der Waals surface area contributed by atoms with Gasteiger partial charge >= 0.3 is 0 Å². The van der Waals surface area contributed by atoms with Crippen LogP contribution in [-0.4, -0.2) is 9.55 Å². The second-order valence-electron chi connectivity index (χ2n) is 3.94. The molecule has 19 heavy (non-hydrogen) atoms. The van der Waals surface area contributed by atoms with Crippen molar-refractivity contribution in [3.8, 4) is 6.07 Å². The van der Waals surface area contributed by atoms with Gasteiger partial charge in [-0.1, -0.05) is 23.7 Å². The van der Waals surface area contributed by atoms with E-state index < -0.39 is 0 Å². The van der Waals surface area contributed by atoms with Gasteiger partial charge in [0.25, 0.3) is 5.56 Å². The first-order chi connectivity index (χ1) is 9.13. The number of aromatic nitrogens is 2. The van der Waals surface area contributed by atoms with Crippen molar-refractivity contribution in [3.05, 3.63) is 57.2 Å². The minimum atomic E-state index is -0.207. The molecule has 6 heteroatoms. The lowest BCUT2D eigenvalue weighted by molar-refractivity contribution is 0.800. The molecule has 0 saturated carbocycles. The number of halogens is 1. The Morgan fingerprint density at radius 1 is 1.47 bits per heavy atom. The van der Waals surface area contributed by atoms with Gasteiger partial charge in [0.1, 0.15) is 11.2 Å². The topological polar surface area (TPSA) is 70.7 Å². The zero-order chi connectivity index (χ0) is 13.8. The summed E-state index contributed by atoms with van der Waals surface area (Å²) in [5.74, 6) is 0. The van der Waals surface area contributed by atoms with Crippen LogP contribution in [0, 0.1) is 11.3 Å². The highest BCUT2D eigenvalue weighted by molar-refractivity contribution is 6.30. The quantitative estimate of drug-likeness (QED) is 0.868. The molecule has 0 bridgehead atoms. The minimum Gasteiger partial charge on any atom is -0.380 e. The van der Waals surface area contributed by atoms with Gasteiger partial charge in [0.05, 0.1) is 23.1 Å². The number of hydrogen-bond donors (Lipinski definition) is 1. The predicted octanol–water partition coefficient (Wildman–Crippen LogP) is 1.92. The molecule has 0 aliphatic rings. The van der Waals surface area contributed by atoms with Crippen molar-refractivity contribution in [2.24, 2.45) is 7.05 Å². The van der Waals surface area contributed by atoms with E-state index >= 15 is 0 Å². The smallest absolute Gasteiger partial charge is 0.259 e. The van der Waals surface area contributed by atoms with Crippen molar-refractivity contribution in [1.29, 1.82) is 5.26 Å². The Bertz CT molecular complexity index is 703. The molecule has 2 aromatic rings. The van der Waals surface area contributed by atoms with Gasteiger partial charge in [-0.2, -0.15) is 5.26 Å². The summed E-state index contributed by atoms with van der Waals surface area (Å²) in [7, 11) is 1.61. The van der Waals surface area contributed by atoms with Crippen LogP contribution >= 0.6 is 11.6 Å². The van der Waals surface area contributed by atoms with E-state index in [0.29, 0.717) is 16.8 Å². The monoisotopic (exact) mass is 274 g/mol. The van der Waals surface area contributed by atoms with Gasteiger partial charge in [-0.25, -0.2) is 4.98 Å². The molecule has 1 heterocycles. The first kappa shape index (κ1) is 13.1. The van der Waals surface area contributed by atoms with Crippen molar-refractivity contribution in [3.63, 3.8) is 0 Å². The molecule has 1 N–H and O–H groups in total. The summed E-state index contributed by atoms with van der Waals surface area (Å²) in [5, 5.41) is 12.2. The van der Waals surface area contributed by atoms with Crippen LogP contribution in [0.3, 0.4) is 0 Å². The lowest BCUT2D eigenvalue weighted by Crippen LogP contribution is -2.23. The van der Waals surface area contributed by atoms with Crippen LogP contribution < -0.4 is 10.9 Å². The summed E-state index contributed by atoms with van der Waals surface area (Å²) in [6.45, 7) is 0.220. The number of aryl methyl sites for hydroxylation is 1. The maximum atomic E-state index is 11.9. The van der Waals surface area contributed by atoms with Gasteiger partial charge in [-0.3, -0.25) is 4.79 Å². The Morgan fingerprint density at radius 2 is 2.21 bits per heavy atom. The Balaban J connectivity index is 2.27. The highest BCUT2D eigenvalue weighted by Crippen LogP contribution is 2.15. The van der Waals surface area contributed by atoms with E-state index in [1.165, 1.54) is 10.9 Å². The van der Waals surface area contributed by atoms with Crippen LogP contribution in [0.4, 0.5) is 5.69 Å². The molecule has 1 aromatic carbocycles. The summed E-state index contributed by atoms with van der Waals surface area (Å²) < 4.78 is 1.36. The summed E-state index contributed by atoms with van der Waals surface area (Å²) in [6, 6.07) is 9.14. The van der Waals surface area contributed by atoms with E-state index in [9.17, 15) is 4.79 Å². The number of hydrogen-bond acceptors (Lipinski definition) is 4. The van der Waals surface area contributed by atoms with Crippen molar-refractivity contribution in [1.82, 2.24) is 9.55 Å². The Morgan fingerprint density at radius 3 is 2.95 bits per heavy atom. The van der Waals surface area contributed by atoms with Crippen LogP contribution in [0.1, 0.15) is 11.1 Å². The third kappa shape index (κ3) is 2.75. The average molecular weight is 275 g/mol. The van der Waals surface area contributed by atoms with Gasteiger partial charge in [0.15, 0.2) is 0 Å². The van der Waals surface area contributed by atoms with Gasteiger partial charge in [0.2, 0.25) is 0 Å². The van der Waals surface area contributed by atoms with Gasteiger partial charge in [-0.15, -0.1) is 0 Å². The SMILES string of the molecule is Cn1cnc(Cl)c(CNc2ccccc2C#N)c1=O. The number of nitrogens with zero attached hydrogens (tertiary/aromatic N) is 3. The van der Waals surface area contributed by atoms with E-state index in [2.05, 4.69) is 16.4 Å². The van der Waals surface area contributed by atoms with E-state index in [1.54, 1.807) is 25.2 Å². The Labute approximate surface area is 115 Å². The molecule has 96 valence electrons. The van der Waals surface area contributed by atoms with Gasteiger partial charge < -0.3 is 9.88 Å². The Hall–Kier alpha value is -2.32. The predicted molar refractivity (Wildman–Crippen MR) is 73.0 cm³/mol. The average Bonchev–Trinajstić information content (AvgIpc) is 2.43. The third-order valence-electron chi connectivity index (χ3n) is 2.67. The standard InChI is InChI=1S/C13H11ClN4O/c1-18-8-17-12(14)10(13(18)19)7-16-11-5-3-2-4-9(11)6-15/h2-5,8,16H,7H2,1H3. The van der Waals surface area contributed by atoms with E-state index in [1.807, 2.05) is 6.07 Å². The number of nitriles is 1. The fourth-order valence-corrected chi connectivity index (χ4v) is 1.83. The molecule has 0 saturated heterocycles. The molecule has 0 radical (unpaired) electrons. The molecule has 0 spiro atoms. The maximum absolute atomic E-state index is 11.9. The number of para-hydroxylation sites is 1. The normalized spacial score (nSPS) is 9.95. The number of anilines is 1. The maximum Gasteiger partial charge on any atom is 0.259 e. The van der Waals surface area contributed by atoms with E-state index in [0.717, 1.165) is 0 Å². The number of benzene rings is 1. The fraction of sp³-hybridized carbons (Fsp3) is 0.154. The lowest BCUT2D eigenvalue weighted by Gasteiger charge is -2.09. The van der Waals surface area contributed by atoms with Crippen LogP contribution in [0.25, 0.3) is 0 Å². The molecule has 0 atom stereocenters. The van der Waals surface area contributed by atoms with E-state index in [-0.39, 0.29) is 17.3 Å². The zero-order valence-corrected chi connectivity index (χ0v) is 11.0. The van der Waals surface area contributed by atoms with Crippen molar-refractivity contribution < 1.29 is 0 Å². The first-order valence-corrected chi connectivity index (χ1v) is 5.94. The van der Waals surface area contributed by atoms with Crippen LogP contribution in [-0.2, 0) is 13.6 Å². The highest BCUT2D eigenvalue weighted by Gasteiger charge is 2.09. The number of nitrogens with one attached hydrogen (secondary N) is 1. The van der Waals surface area contributed by atoms with Gasteiger partial charge in [-0.05, 0) is 12.1 Å². The molecular weight excluding hydrogens is 264 g/mol. The molecule has 0 aliphatic heterocycles. The second kappa shape index (κ2) is 5.55. The van der Waals surface area contributed by atoms with Crippen LogP contribution in [0.2, 0.25) is 5.15 Å². The van der Waals surface area contributed by atoms with Crippen molar-refractivity contribution >= 4 is 17.3 Å². The summed E-state index contributed by atoms with van der Waals surface area (Å²) >= 11 is 5.91. The molecule has 0 aliphatic carbocycles.